The van der Waals surface area contributed by atoms with E-state index < -0.39 is 0 Å². The number of imidazole rings is 1. The van der Waals surface area contributed by atoms with Crippen molar-refractivity contribution in [1.29, 1.82) is 0 Å². The lowest BCUT2D eigenvalue weighted by Crippen LogP contribution is -1.99. The number of nitrogens with zero attached hydrogens (tertiary/aromatic N) is 2. The molecule has 1 aromatic heterocycles. The van der Waals surface area contributed by atoms with E-state index in [1.165, 1.54) is 5.56 Å². The van der Waals surface area contributed by atoms with Gasteiger partial charge in [0.25, 0.3) is 0 Å². The Balaban J connectivity index is -0.000000156. The minimum atomic E-state index is 0.909. The molecule has 23 heavy (non-hydrogen) atoms. The SMILES string of the molecule is CC.CC.CC.CC.CC.Cc1nccn1Cc1ccccc1. The zero-order valence-electron chi connectivity index (χ0n) is 17.6. The minimum absolute atomic E-state index is 0.909. The van der Waals surface area contributed by atoms with Gasteiger partial charge in [-0.25, -0.2) is 4.98 Å². The molecule has 2 rings (SSSR count). The number of benzene rings is 1. The van der Waals surface area contributed by atoms with Crippen LogP contribution in [0.4, 0.5) is 0 Å². The van der Waals surface area contributed by atoms with Crippen molar-refractivity contribution in [3.8, 4) is 0 Å². The Labute approximate surface area is 147 Å². The van der Waals surface area contributed by atoms with Gasteiger partial charge in [0.2, 0.25) is 0 Å². The number of aromatic nitrogens is 2. The first-order valence-corrected chi connectivity index (χ1v) is 9.38. The number of hydrogen-bond acceptors (Lipinski definition) is 1. The molecule has 0 radical (unpaired) electrons. The van der Waals surface area contributed by atoms with Gasteiger partial charge in [-0.1, -0.05) is 99.6 Å². The van der Waals surface area contributed by atoms with Crippen LogP contribution in [0, 0.1) is 6.92 Å². The summed E-state index contributed by atoms with van der Waals surface area (Å²) in [5.74, 6) is 1.06. The van der Waals surface area contributed by atoms with Crippen LogP contribution in [0.3, 0.4) is 0 Å². The van der Waals surface area contributed by atoms with Crippen LogP contribution in [0.1, 0.15) is 80.6 Å². The highest BCUT2D eigenvalue weighted by atomic mass is 15.0. The molecule has 0 unspecified atom stereocenters. The van der Waals surface area contributed by atoms with Gasteiger partial charge in [0.05, 0.1) is 0 Å². The summed E-state index contributed by atoms with van der Waals surface area (Å²) in [5, 5.41) is 0. The number of hydrogen-bond donors (Lipinski definition) is 0. The second-order valence-corrected chi connectivity index (χ2v) is 3.09. The molecule has 0 aliphatic rings. The van der Waals surface area contributed by atoms with Gasteiger partial charge in [-0.3, -0.25) is 0 Å². The van der Waals surface area contributed by atoms with E-state index in [0.29, 0.717) is 0 Å². The second kappa shape index (κ2) is 28.6. The van der Waals surface area contributed by atoms with E-state index >= 15 is 0 Å². The van der Waals surface area contributed by atoms with E-state index in [-0.39, 0.29) is 0 Å². The summed E-state index contributed by atoms with van der Waals surface area (Å²) in [6.45, 7) is 22.9. The Bertz CT molecular complexity index is 378. The molecule has 0 fully saturated rings. The lowest BCUT2D eigenvalue weighted by atomic mass is 10.2. The summed E-state index contributed by atoms with van der Waals surface area (Å²) in [5.41, 5.74) is 1.31. The molecule has 0 spiro atoms. The molecule has 1 aromatic carbocycles. The van der Waals surface area contributed by atoms with Gasteiger partial charge in [-0.15, -0.1) is 0 Å². The van der Waals surface area contributed by atoms with E-state index in [1.54, 1.807) is 0 Å². The van der Waals surface area contributed by atoms with Crippen molar-refractivity contribution in [2.45, 2.75) is 82.7 Å². The average molecular weight is 323 g/mol. The van der Waals surface area contributed by atoms with Crippen LogP contribution in [0.25, 0.3) is 0 Å². The van der Waals surface area contributed by atoms with Gasteiger partial charge >= 0.3 is 0 Å². The van der Waals surface area contributed by atoms with Gasteiger partial charge in [0.15, 0.2) is 0 Å². The van der Waals surface area contributed by atoms with Crippen LogP contribution >= 0.6 is 0 Å². The third-order valence-electron chi connectivity index (χ3n) is 2.12. The lowest BCUT2D eigenvalue weighted by Gasteiger charge is -2.03. The molecule has 136 valence electrons. The van der Waals surface area contributed by atoms with Crippen molar-refractivity contribution in [3.63, 3.8) is 0 Å². The summed E-state index contributed by atoms with van der Waals surface area (Å²) in [6, 6.07) is 10.4. The first kappa shape index (κ1) is 29.4. The summed E-state index contributed by atoms with van der Waals surface area (Å²) >= 11 is 0. The zero-order chi connectivity index (χ0) is 19.1. The molecular weight excluding hydrogens is 280 g/mol. The van der Waals surface area contributed by atoms with Crippen molar-refractivity contribution in [2.24, 2.45) is 0 Å². The van der Waals surface area contributed by atoms with Crippen molar-refractivity contribution >= 4 is 0 Å². The highest BCUT2D eigenvalue weighted by molar-refractivity contribution is 5.15. The molecule has 0 aliphatic heterocycles. The van der Waals surface area contributed by atoms with Gasteiger partial charge < -0.3 is 4.57 Å². The maximum atomic E-state index is 4.18. The van der Waals surface area contributed by atoms with Crippen LogP contribution in [-0.2, 0) is 6.54 Å². The summed E-state index contributed by atoms with van der Waals surface area (Å²) in [6.07, 6.45) is 3.83. The predicted molar refractivity (Wildman–Crippen MR) is 109 cm³/mol. The Kier molecular flexibility index (Phi) is 36.6. The molecule has 0 atom stereocenters. The minimum Gasteiger partial charge on any atom is -0.331 e. The fraction of sp³-hybridized carbons (Fsp3) is 0.571. The predicted octanol–water partition coefficient (Wildman–Crippen LogP) is 7.37. The van der Waals surface area contributed by atoms with Crippen LogP contribution in [-0.4, -0.2) is 9.55 Å². The fourth-order valence-electron chi connectivity index (χ4n) is 1.35. The average Bonchev–Trinajstić information content (AvgIpc) is 3.09. The molecule has 1 heterocycles. The van der Waals surface area contributed by atoms with Crippen LogP contribution in [0.2, 0.25) is 0 Å². The first-order valence-electron chi connectivity index (χ1n) is 9.38. The topological polar surface area (TPSA) is 17.8 Å². The number of aryl methyl sites for hydroxylation is 1. The maximum absolute atomic E-state index is 4.18. The summed E-state index contributed by atoms with van der Waals surface area (Å²) < 4.78 is 2.13. The molecule has 0 aliphatic carbocycles. The second-order valence-electron chi connectivity index (χ2n) is 3.09. The quantitative estimate of drug-likeness (QED) is 0.564. The summed E-state index contributed by atoms with van der Waals surface area (Å²) in [4.78, 5) is 4.18. The lowest BCUT2D eigenvalue weighted by molar-refractivity contribution is 0.762. The normalized spacial score (nSPS) is 7.09. The third kappa shape index (κ3) is 16.6. The summed E-state index contributed by atoms with van der Waals surface area (Å²) in [7, 11) is 0. The standard InChI is InChI=1S/C11H12N2.5C2H6/c1-10-12-7-8-13(10)9-11-5-3-2-4-6-11;5*1-2/h2-8H,9H2,1H3;5*1-2H3. The van der Waals surface area contributed by atoms with Gasteiger partial charge in [-0.2, -0.15) is 0 Å². The Morgan fingerprint density at radius 1 is 0.739 bits per heavy atom. The molecule has 2 nitrogen and oxygen atoms in total. The smallest absolute Gasteiger partial charge is 0.105 e. The van der Waals surface area contributed by atoms with Gasteiger partial charge in [0, 0.05) is 18.9 Å². The van der Waals surface area contributed by atoms with Crippen molar-refractivity contribution < 1.29 is 0 Å². The molecule has 0 bridgehead atoms. The molecule has 0 saturated heterocycles. The Hall–Kier alpha value is -1.57. The van der Waals surface area contributed by atoms with E-state index in [0.717, 1.165) is 12.4 Å². The van der Waals surface area contributed by atoms with Crippen LogP contribution < -0.4 is 0 Å². The molecule has 0 saturated carbocycles. The Morgan fingerprint density at radius 2 is 1.17 bits per heavy atom. The Morgan fingerprint density at radius 3 is 1.52 bits per heavy atom. The molecule has 2 aromatic rings. The zero-order valence-corrected chi connectivity index (χ0v) is 17.6. The maximum Gasteiger partial charge on any atom is 0.105 e. The van der Waals surface area contributed by atoms with Gasteiger partial charge in [0.1, 0.15) is 5.82 Å². The van der Waals surface area contributed by atoms with Crippen molar-refractivity contribution in [2.75, 3.05) is 0 Å². The van der Waals surface area contributed by atoms with E-state index in [2.05, 4.69) is 33.8 Å². The molecule has 0 amide bonds. The molecular formula is C21H42N2. The number of rotatable bonds is 2. The highest BCUT2D eigenvalue weighted by Gasteiger charge is 1.96. The van der Waals surface area contributed by atoms with E-state index in [1.807, 2.05) is 94.6 Å². The highest BCUT2D eigenvalue weighted by Crippen LogP contribution is 2.03. The van der Waals surface area contributed by atoms with E-state index in [4.69, 9.17) is 0 Å². The largest absolute Gasteiger partial charge is 0.331 e. The molecule has 0 N–H and O–H groups in total. The monoisotopic (exact) mass is 322 g/mol. The van der Waals surface area contributed by atoms with E-state index in [9.17, 15) is 0 Å². The third-order valence-corrected chi connectivity index (χ3v) is 2.12. The molecule has 2 heteroatoms. The van der Waals surface area contributed by atoms with Crippen molar-refractivity contribution in [3.05, 3.63) is 54.1 Å². The first-order chi connectivity index (χ1) is 11.4. The fourth-order valence-corrected chi connectivity index (χ4v) is 1.35. The van der Waals surface area contributed by atoms with Crippen molar-refractivity contribution in [1.82, 2.24) is 9.55 Å². The van der Waals surface area contributed by atoms with Crippen LogP contribution in [0.5, 0.6) is 0 Å². The van der Waals surface area contributed by atoms with Gasteiger partial charge in [-0.05, 0) is 12.5 Å². The van der Waals surface area contributed by atoms with Crippen LogP contribution in [0.15, 0.2) is 42.7 Å².